The van der Waals surface area contributed by atoms with Crippen molar-refractivity contribution in [2.24, 2.45) is 0 Å². The number of nitrogens with zero attached hydrogens (tertiary/aromatic N) is 2. The molecule has 1 saturated heterocycles. The summed E-state index contributed by atoms with van der Waals surface area (Å²) >= 11 is 0. The van der Waals surface area contributed by atoms with E-state index >= 15 is 0 Å². The van der Waals surface area contributed by atoms with Gasteiger partial charge >= 0.3 is 12.1 Å². The second kappa shape index (κ2) is 8.04. The molecule has 1 aliphatic rings. The minimum absolute atomic E-state index is 0.144. The summed E-state index contributed by atoms with van der Waals surface area (Å²) in [6.07, 6.45) is -3.30. The number of halogens is 4. The van der Waals surface area contributed by atoms with Crippen molar-refractivity contribution in [1.82, 2.24) is 15.2 Å². The molecule has 3 rings (SSSR count). The number of carbonyl (C=O) groups is 1. The predicted molar refractivity (Wildman–Crippen MR) is 91.0 cm³/mol. The number of aromatic nitrogens is 1. The van der Waals surface area contributed by atoms with Gasteiger partial charge < -0.3 is 10.2 Å². The van der Waals surface area contributed by atoms with Crippen molar-refractivity contribution < 1.29 is 22.4 Å². The molecule has 8 heteroatoms. The van der Waals surface area contributed by atoms with Gasteiger partial charge in [-0.25, -0.2) is 4.39 Å². The Bertz CT molecular complexity index is 765. The van der Waals surface area contributed by atoms with Gasteiger partial charge in [0.15, 0.2) is 0 Å². The van der Waals surface area contributed by atoms with Crippen molar-refractivity contribution in [3.05, 3.63) is 65.7 Å². The van der Waals surface area contributed by atoms with Crippen LogP contribution in [0.25, 0.3) is 0 Å². The van der Waals surface area contributed by atoms with Gasteiger partial charge in [-0.3, -0.25) is 9.78 Å². The van der Waals surface area contributed by atoms with Crippen LogP contribution in [0.2, 0.25) is 0 Å². The summed E-state index contributed by atoms with van der Waals surface area (Å²) < 4.78 is 52.5. The summed E-state index contributed by atoms with van der Waals surface area (Å²) in [6, 6.07) is 11.1. The van der Waals surface area contributed by atoms with Crippen molar-refractivity contribution in [3.8, 4) is 0 Å². The average Bonchev–Trinajstić information content (AvgIpc) is 2.67. The van der Waals surface area contributed by atoms with E-state index in [2.05, 4.69) is 10.3 Å². The normalized spacial score (nSPS) is 20.3. The molecule has 144 valence electrons. The molecule has 4 nitrogen and oxygen atoms in total. The van der Waals surface area contributed by atoms with E-state index in [0.717, 1.165) is 22.7 Å². The second-order valence-electron chi connectivity index (χ2n) is 6.49. The lowest BCUT2D eigenvalue weighted by molar-refractivity contribution is -0.189. The number of amides is 1. The molecule has 0 unspecified atom stereocenters. The van der Waals surface area contributed by atoms with Crippen molar-refractivity contribution >= 4 is 5.91 Å². The van der Waals surface area contributed by atoms with Crippen LogP contribution in [0.1, 0.15) is 30.1 Å². The van der Waals surface area contributed by atoms with Gasteiger partial charge in [-0.05, 0) is 37.1 Å². The smallest absolute Gasteiger partial charge is 0.326 e. The number of benzene rings is 1. The fraction of sp³-hybridized carbons (Fsp3) is 0.368. The van der Waals surface area contributed by atoms with Crippen LogP contribution in [0, 0.1) is 5.82 Å². The van der Waals surface area contributed by atoms with Crippen molar-refractivity contribution in [2.75, 3.05) is 6.54 Å². The van der Waals surface area contributed by atoms with Crippen molar-refractivity contribution in [3.63, 3.8) is 0 Å². The number of nitrogens with one attached hydrogen (secondary N) is 1. The van der Waals surface area contributed by atoms with Crippen molar-refractivity contribution in [2.45, 2.75) is 37.6 Å². The Morgan fingerprint density at radius 2 is 1.93 bits per heavy atom. The van der Waals surface area contributed by atoms with Gasteiger partial charge in [0.05, 0.1) is 18.4 Å². The Labute approximate surface area is 154 Å². The van der Waals surface area contributed by atoms with Crippen LogP contribution < -0.4 is 5.32 Å². The summed E-state index contributed by atoms with van der Waals surface area (Å²) in [5.74, 6) is -2.48. The molecule has 1 aromatic carbocycles. The second-order valence-corrected chi connectivity index (χ2v) is 6.49. The lowest BCUT2D eigenvalue weighted by Crippen LogP contribution is -2.51. The molecule has 1 fully saturated rings. The van der Waals surface area contributed by atoms with E-state index in [1.54, 1.807) is 0 Å². The van der Waals surface area contributed by atoms with Crippen molar-refractivity contribution in [1.29, 1.82) is 0 Å². The third-order valence-corrected chi connectivity index (χ3v) is 4.64. The molecule has 0 saturated carbocycles. The van der Waals surface area contributed by atoms with Crippen LogP contribution >= 0.6 is 0 Å². The van der Waals surface area contributed by atoms with E-state index in [4.69, 9.17) is 0 Å². The zero-order valence-corrected chi connectivity index (χ0v) is 14.4. The third-order valence-electron chi connectivity index (χ3n) is 4.64. The summed E-state index contributed by atoms with van der Waals surface area (Å²) in [6.45, 7) is 0.174. The molecular formula is C19H19F4N3O. The van der Waals surface area contributed by atoms with Crippen LogP contribution in [0.3, 0.4) is 0 Å². The Morgan fingerprint density at radius 1 is 1.19 bits per heavy atom. The summed E-state index contributed by atoms with van der Waals surface area (Å²) in [5, 5.41) is 3.28. The Kier molecular flexibility index (Phi) is 5.74. The van der Waals surface area contributed by atoms with E-state index in [1.165, 1.54) is 6.07 Å². The van der Waals surface area contributed by atoms with Gasteiger partial charge in [0.1, 0.15) is 5.82 Å². The van der Waals surface area contributed by atoms with Crippen LogP contribution in [0.4, 0.5) is 17.6 Å². The van der Waals surface area contributed by atoms with Gasteiger partial charge in [-0.2, -0.15) is 13.2 Å². The largest absolute Gasteiger partial charge is 0.471 e. The maximum absolute atomic E-state index is 13.2. The number of hydrogen-bond donors (Lipinski definition) is 1. The Morgan fingerprint density at radius 3 is 2.56 bits per heavy atom. The summed E-state index contributed by atoms with van der Waals surface area (Å²) in [4.78, 5) is 16.7. The first kappa shape index (κ1) is 19.3. The SMILES string of the molecule is O=C(N(Cc1ccc(F)cn1)[C@@H]1CCN[C@H](c2ccccc2)C1)C(F)(F)F. The first-order valence-corrected chi connectivity index (χ1v) is 8.61. The van der Waals surface area contributed by atoms with Gasteiger partial charge in [0.2, 0.25) is 0 Å². The third kappa shape index (κ3) is 4.82. The first-order chi connectivity index (χ1) is 12.8. The molecule has 1 aliphatic heterocycles. The number of rotatable bonds is 4. The molecule has 27 heavy (non-hydrogen) atoms. The number of alkyl halides is 3. The highest BCUT2D eigenvalue weighted by molar-refractivity contribution is 5.82. The topological polar surface area (TPSA) is 45.2 Å². The average molecular weight is 381 g/mol. The molecule has 0 bridgehead atoms. The number of carbonyl (C=O) groups excluding carboxylic acids is 1. The molecule has 0 spiro atoms. The van der Waals surface area contributed by atoms with Gasteiger partial charge in [-0.15, -0.1) is 0 Å². The number of hydrogen-bond acceptors (Lipinski definition) is 3. The molecule has 1 N–H and O–H groups in total. The molecule has 0 aliphatic carbocycles. The van der Waals surface area contributed by atoms with Crippen LogP contribution in [0.5, 0.6) is 0 Å². The van der Waals surface area contributed by atoms with Gasteiger partial charge in [0.25, 0.3) is 0 Å². The standard InChI is InChI=1S/C19H19F4N3O/c20-14-6-7-15(25-11-14)12-26(18(27)19(21,22)23)16-8-9-24-17(10-16)13-4-2-1-3-5-13/h1-7,11,16-17,24H,8-10,12H2/t16-,17+/m1/s1. The Hall–Kier alpha value is -2.48. The lowest BCUT2D eigenvalue weighted by atomic mass is 9.92. The highest BCUT2D eigenvalue weighted by Crippen LogP contribution is 2.30. The quantitative estimate of drug-likeness (QED) is 0.823. The van der Waals surface area contributed by atoms with Crippen LogP contribution in [0.15, 0.2) is 48.7 Å². The fourth-order valence-corrected chi connectivity index (χ4v) is 3.32. The zero-order chi connectivity index (χ0) is 19.4. The molecule has 2 atom stereocenters. The Balaban J connectivity index is 1.83. The van der Waals surface area contributed by atoms with E-state index in [-0.39, 0.29) is 18.3 Å². The molecular weight excluding hydrogens is 362 g/mol. The van der Waals surface area contributed by atoms with Crippen LogP contribution in [-0.4, -0.2) is 34.6 Å². The zero-order valence-electron chi connectivity index (χ0n) is 14.4. The van der Waals surface area contributed by atoms with E-state index in [0.29, 0.717) is 19.4 Å². The van der Waals surface area contributed by atoms with E-state index in [9.17, 15) is 22.4 Å². The minimum atomic E-state index is -4.98. The highest BCUT2D eigenvalue weighted by atomic mass is 19.4. The monoisotopic (exact) mass is 381 g/mol. The molecule has 2 heterocycles. The fourth-order valence-electron chi connectivity index (χ4n) is 3.32. The van der Waals surface area contributed by atoms with Gasteiger partial charge in [0, 0.05) is 12.1 Å². The summed E-state index contributed by atoms with van der Waals surface area (Å²) in [5.41, 5.74) is 1.17. The summed E-state index contributed by atoms with van der Waals surface area (Å²) in [7, 11) is 0. The maximum Gasteiger partial charge on any atom is 0.471 e. The van der Waals surface area contributed by atoms with Crippen LogP contribution in [-0.2, 0) is 11.3 Å². The number of pyridine rings is 1. The predicted octanol–water partition coefficient (Wildman–Crippen LogP) is 3.60. The lowest BCUT2D eigenvalue weighted by Gasteiger charge is -2.38. The van der Waals surface area contributed by atoms with E-state index in [1.807, 2.05) is 30.3 Å². The molecule has 2 aromatic rings. The minimum Gasteiger partial charge on any atom is -0.326 e. The molecule has 0 radical (unpaired) electrons. The molecule has 1 aromatic heterocycles. The van der Waals surface area contributed by atoms with Gasteiger partial charge in [-0.1, -0.05) is 30.3 Å². The molecule has 1 amide bonds. The maximum atomic E-state index is 13.2. The highest BCUT2D eigenvalue weighted by Gasteiger charge is 2.45. The van der Waals surface area contributed by atoms with E-state index < -0.39 is 23.9 Å². The number of piperidine rings is 1. The first-order valence-electron chi connectivity index (χ1n) is 8.61.